The molecule has 3 aromatic heterocycles. The van der Waals surface area contributed by atoms with Crippen molar-refractivity contribution >= 4 is 22.9 Å². The van der Waals surface area contributed by atoms with Gasteiger partial charge in [-0.3, -0.25) is 4.79 Å². The summed E-state index contributed by atoms with van der Waals surface area (Å²) < 4.78 is 17.7. The Hall–Kier alpha value is -3.66. The minimum absolute atomic E-state index is 0.0189. The van der Waals surface area contributed by atoms with E-state index < -0.39 is 6.04 Å². The maximum atomic E-state index is 13.7. The second-order valence-corrected chi connectivity index (χ2v) is 9.06. The van der Waals surface area contributed by atoms with Crippen LogP contribution in [0, 0.1) is 0 Å². The van der Waals surface area contributed by atoms with Crippen LogP contribution in [-0.4, -0.2) is 63.8 Å². The number of aromatic amines is 1. The first kappa shape index (κ1) is 19.8. The lowest BCUT2D eigenvalue weighted by molar-refractivity contribution is 0.0630. The average Bonchev–Trinajstić information content (AvgIpc) is 3.27. The molecule has 0 unspecified atom stereocenters. The van der Waals surface area contributed by atoms with E-state index in [0.717, 1.165) is 41.0 Å². The van der Waals surface area contributed by atoms with Gasteiger partial charge in [0.25, 0.3) is 0 Å². The molecule has 1 aliphatic carbocycles. The van der Waals surface area contributed by atoms with Gasteiger partial charge in [0.05, 0.1) is 25.2 Å². The fourth-order valence-electron chi connectivity index (χ4n) is 5.15. The van der Waals surface area contributed by atoms with Crippen LogP contribution in [0.15, 0.2) is 39.4 Å². The van der Waals surface area contributed by atoms with Gasteiger partial charge in [0.2, 0.25) is 0 Å². The number of hydrogen-bond acceptors (Lipinski definition) is 8. The summed E-state index contributed by atoms with van der Waals surface area (Å²) >= 11 is 0. The van der Waals surface area contributed by atoms with Gasteiger partial charge in [-0.2, -0.15) is 0 Å². The number of nitrogens with one attached hydrogen (secondary N) is 1. The van der Waals surface area contributed by atoms with Crippen LogP contribution in [0.2, 0.25) is 0 Å². The third kappa shape index (κ3) is 3.12. The summed E-state index contributed by atoms with van der Waals surface area (Å²) in [6, 6.07) is 7.98. The Bertz CT molecular complexity index is 1360. The molecule has 2 fully saturated rings. The molecule has 1 aromatic carbocycles. The SMILES string of the molecule is O=C(c1nnc(N2CCOCC2)o1)N1CCc2[nH]cnc2[C@@H]1c1oc2ccccc2c1C1CC1. The average molecular weight is 460 g/mol. The summed E-state index contributed by atoms with van der Waals surface area (Å²) in [5.41, 5.74) is 3.86. The van der Waals surface area contributed by atoms with Crippen LogP contribution >= 0.6 is 0 Å². The van der Waals surface area contributed by atoms with E-state index in [4.69, 9.17) is 13.6 Å². The van der Waals surface area contributed by atoms with Gasteiger partial charge in [-0.05, 0) is 24.8 Å². The fraction of sp³-hybridized carbons (Fsp3) is 0.417. The maximum absolute atomic E-state index is 13.7. The molecule has 1 amide bonds. The number of nitrogens with zero attached hydrogens (tertiary/aromatic N) is 5. The summed E-state index contributed by atoms with van der Waals surface area (Å²) in [7, 11) is 0. The van der Waals surface area contributed by atoms with Gasteiger partial charge in [-0.15, -0.1) is 5.10 Å². The molecule has 7 rings (SSSR count). The number of H-pyrrole nitrogens is 1. The molecule has 1 atom stereocenters. The van der Waals surface area contributed by atoms with Gasteiger partial charge in [-0.25, -0.2) is 4.98 Å². The molecule has 4 aromatic rings. The largest absolute Gasteiger partial charge is 0.458 e. The second kappa shape index (κ2) is 7.69. The Morgan fingerprint density at radius 2 is 1.91 bits per heavy atom. The summed E-state index contributed by atoms with van der Waals surface area (Å²) in [6.45, 7) is 3.00. The number of carbonyl (C=O) groups is 1. The normalized spacial score (nSPS) is 20.6. The van der Waals surface area contributed by atoms with Gasteiger partial charge in [0.15, 0.2) is 0 Å². The van der Waals surface area contributed by atoms with E-state index in [9.17, 15) is 4.79 Å². The lowest BCUT2D eigenvalue weighted by Crippen LogP contribution is -2.41. The van der Waals surface area contributed by atoms with Crippen LogP contribution in [0.25, 0.3) is 11.0 Å². The van der Waals surface area contributed by atoms with Crippen molar-refractivity contribution in [2.75, 3.05) is 37.7 Å². The molecule has 1 saturated heterocycles. The van der Waals surface area contributed by atoms with Crippen molar-refractivity contribution in [3.8, 4) is 0 Å². The number of imidazole rings is 1. The topological polar surface area (TPSA) is 114 Å². The van der Waals surface area contributed by atoms with Crippen LogP contribution in [0.4, 0.5) is 6.01 Å². The van der Waals surface area contributed by atoms with Crippen molar-refractivity contribution in [3.63, 3.8) is 0 Å². The van der Waals surface area contributed by atoms with Crippen molar-refractivity contribution in [1.82, 2.24) is 25.1 Å². The van der Waals surface area contributed by atoms with Gasteiger partial charge < -0.3 is 28.4 Å². The van der Waals surface area contributed by atoms with Crippen molar-refractivity contribution < 1.29 is 18.4 Å². The number of aromatic nitrogens is 4. The van der Waals surface area contributed by atoms with E-state index in [1.165, 1.54) is 5.56 Å². The molecule has 1 N–H and O–H groups in total. The summed E-state index contributed by atoms with van der Waals surface area (Å²) in [6.07, 6.45) is 4.60. The molecule has 174 valence electrons. The van der Waals surface area contributed by atoms with E-state index in [-0.39, 0.29) is 11.8 Å². The minimum Gasteiger partial charge on any atom is -0.458 e. The molecule has 2 aliphatic heterocycles. The highest BCUT2D eigenvalue weighted by molar-refractivity contribution is 5.91. The molecule has 34 heavy (non-hydrogen) atoms. The highest BCUT2D eigenvalue weighted by Gasteiger charge is 2.42. The number of anilines is 1. The minimum atomic E-state index is -0.454. The monoisotopic (exact) mass is 460 g/mol. The molecule has 10 heteroatoms. The maximum Gasteiger partial charge on any atom is 0.318 e. The van der Waals surface area contributed by atoms with E-state index in [1.807, 2.05) is 23.1 Å². The zero-order valence-corrected chi connectivity index (χ0v) is 18.6. The number of benzene rings is 1. The van der Waals surface area contributed by atoms with Crippen LogP contribution in [0.5, 0.6) is 0 Å². The molecule has 10 nitrogen and oxygen atoms in total. The zero-order valence-electron chi connectivity index (χ0n) is 18.6. The number of hydrogen-bond donors (Lipinski definition) is 1. The number of rotatable bonds is 4. The van der Waals surface area contributed by atoms with Gasteiger partial charge >= 0.3 is 17.8 Å². The van der Waals surface area contributed by atoms with Crippen LogP contribution < -0.4 is 4.90 Å². The van der Waals surface area contributed by atoms with E-state index in [0.29, 0.717) is 51.2 Å². The number of carbonyl (C=O) groups excluding carboxylic acids is 1. The predicted molar refractivity (Wildman–Crippen MR) is 121 cm³/mol. The van der Waals surface area contributed by atoms with E-state index in [2.05, 4.69) is 26.2 Å². The first-order valence-corrected chi connectivity index (χ1v) is 11.8. The number of ether oxygens (including phenoxy) is 1. The first-order chi connectivity index (χ1) is 16.8. The van der Waals surface area contributed by atoms with Crippen molar-refractivity contribution in [2.45, 2.75) is 31.2 Å². The molecular weight excluding hydrogens is 436 g/mol. The van der Waals surface area contributed by atoms with E-state index in [1.54, 1.807) is 11.2 Å². The summed E-state index contributed by atoms with van der Waals surface area (Å²) in [5.74, 6) is 0.900. The molecule has 3 aliphatic rings. The Morgan fingerprint density at radius 1 is 1.06 bits per heavy atom. The number of para-hydroxylation sites is 1. The zero-order chi connectivity index (χ0) is 22.6. The highest BCUT2D eigenvalue weighted by Crippen LogP contribution is 2.50. The number of morpholine rings is 1. The molecule has 0 spiro atoms. The van der Waals surface area contributed by atoms with Crippen LogP contribution in [0.3, 0.4) is 0 Å². The lowest BCUT2D eigenvalue weighted by atomic mass is 9.95. The number of amides is 1. The molecule has 5 heterocycles. The molecule has 0 bridgehead atoms. The van der Waals surface area contributed by atoms with Gasteiger partial charge in [0, 0.05) is 42.7 Å². The number of fused-ring (bicyclic) bond motifs is 2. The molecule has 1 saturated carbocycles. The van der Waals surface area contributed by atoms with Crippen molar-refractivity contribution in [3.05, 3.63) is 59.2 Å². The molecular formula is C24H24N6O4. The lowest BCUT2D eigenvalue weighted by Gasteiger charge is -2.33. The highest BCUT2D eigenvalue weighted by atomic mass is 16.5. The summed E-state index contributed by atoms with van der Waals surface area (Å²) in [5, 5.41) is 9.35. The Kier molecular flexibility index (Phi) is 4.48. The van der Waals surface area contributed by atoms with Crippen molar-refractivity contribution in [1.29, 1.82) is 0 Å². The standard InChI is InChI=1S/C24H24N6O4/c31-23(22-27-28-24(34-22)29-9-11-32-12-10-29)30-8-7-16-19(26-13-25-16)20(30)21-18(14-5-6-14)15-3-1-2-4-17(15)33-21/h1-4,13-14,20H,5-12H2,(H,25,26)/t20-/m1/s1. The van der Waals surface area contributed by atoms with Gasteiger partial charge in [0.1, 0.15) is 17.4 Å². The summed E-state index contributed by atoms with van der Waals surface area (Å²) in [4.78, 5) is 25.3. The second-order valence-electron chi connectivity index (χ2n) is 9.06. The quantitative estimate of drug-likeness (QED) is 0.494. The smallest absolute Gasteiger partial charge is 0.318 e. The van der Waals surface area contributed by atoms with Crippen LogP contribution in [0.1, 0.15) is 58.2 Å². The Balaban J connectivity index is 1.30. The molecule has 0 radical (unpaired) electrons. The van der Waals surface area contributed by atoms with E-state index >= 15 is 0 Å². The Labute approximate surface area is 194 Å². The number of furan rings is 1. The van der Waals surface area contributed by atoms with Crippen molar-refractivity contribution in [2.24, 2.45) is 0 Å². The third-order valence-electron chi connectivity index (χ3n) is 6.96. The predicted octanol–water partition coefficient (Wildman–Crippen LogP) is 3.04. The third-order valence-corrected chi connectivity index (χ3v) is 6.96. The van der Waals surface area contributed by atoms with Gasteiger partial charge in [-0.1, -0.05) is 23.3 Å². The Morgan fingerprint density at radius 3 is 2.76 bits per heavy atom. The first-order valence-electron chi connectivity index (χ1n) is 11.8. The fourth-order valence-corrected chi connectivity index (χ4v) is 5.15. The van der Waals surface area contributed by atoms with Crippen LogP contribution in [-0.2, 0) is 11.2 Å².